The molecule has 0 aliphatic heterocycles. The van der Waals surface area contributed by atoms with Gasteiger partial charge in [-0.3, -0.25) is 0 Å². The van der Waals surface area contributed by atoms with Crippen LogP contribution in [0, 0.1) is 6.92 Å². The zero-order valence-corrected chi connectivity index (χ0v) is 7.69. The summed E-state index contributed by atoms with van der Waals surface area (Å²) in [4.78, 5) is 0. The molecule has 62 valence electrons. The Morgan fingerprint density at radius 1 is 1.50 bits per heavy atom. The molecule has 0 amide bonds. The average molecular weight is 202 g/mol. The van der Waals surface area contributed by atoms with Gasteiger partial charge in [-0.1, -0.05) is 16.5 Å². The lowest BCUT2D eigenvalue weighted by molar-refractivity contribution is 0.426. The van der Waals surface area contributed by atoms with Crippen LogP contribution in [-0.4, -0.2) is 15.4 Å². The summed E-state index contributed by atoms with van der Waals surface area (Å²) in [6, 6.07) is 1.79. The summed E-state index contributed by atoms with van der Waals surface area (Å²) in [7, 11) is 0. The first kappa shape index (κ1) is 7.70. The molecule has 0 aliphatic carbocycles. The van der Waals surface area contributed by atoms with Gasteiger partial charge in [0.2, 0.25) is 4.47 Å². The van der Waals surface area contributed by atoms with Crippen LogP contribution in [0.4, 0.5) is 0 Å². The second kappa shape index (κ2) is 2.84. The first-order valence-corrected chi connectivity index (χ1v) is 4.38. The molecule has 0 unspecified atom stereocenters. The predicted octanol–water partition coefficient (Wildman–Crippen LogP) is 2.15. The van der Waals surface area contributed by atoms with Gasteiger partial charge in [0.25, 0.3) is 0 Å². The smallest absolute Gasteiger partial charge is 0.207 e. The molecule has 0 saturated carbocycles. The van der Waals surface area contributed by atoms with Gasteiger partial charge in [0.05, 0.1) is 5.69 Å². The maximum absolute atomic E-state index is 5.60. The van der Waals surface area contributed by atoms with Crippen molar-refractivity contribution < 1.29 is 4.52 Å². The van der Waals surface area contributed by atoms with Crippen LogP contribution in [0.5, 0.6) is 0 Å². The molecule has 2 aromatic heterocycles. The van der Waals surface area contributed by atoms with E-state index in [1.54, 1.807) is 6.07 Å². The number of hydrogen-bond acceptors (Lipinski definition) is 5. The Morgan fingerprint density at radius 2 is 2.33 bits per heavy atom. The highest BCUT2D eigenvalue weighted by atomic mass is 35.5. The maximum Gasteiger partial charge on any atom is 0.207 e. The summed E-state index contributed by atoms with van der Waals surface area (Å²) in [6.07, 6.45) is 0. The van der Waals surface area contributed by atoms with Gasteiger partial charge >= 0.3 is 0 Å². The van der Waals surface area contributed by atoms with Crippen LogP contribution in [0.15, 0.2) is 10.6 Å². The lowest BCUT2D eigenvalue weighted by Gasteiger charge is -1.79. The van der Waals surface area contributed by atoms with E-state index in [9.17, 15) is 0 Å². The standard InChI is InChI=1S/C6H4ClN3OS/c1-3-2-4(11-10-3)5-8-9-6(7)12-5/h2H,1H3. The van der Waals surface area contributed by atoms with Crippen molar-refractivity contribution in [3.63, 3.8) is 0 Å². The molecule has 2 heterocycles. The molecule has 0 radical (unpaired) electrons. The van der Waals surface area contributed by atoms with Crippen molar-refractivity contribution in [2.24, 2.45) is 0 Å². The number of aryl methyl sites for hydroxylation is 1. The molecule has 0 fully saturated rings. The second-order valence-corrected chi connectivity index (χ2v) is 3.75. The van der Waals surface area contributed by atoms with E-state index in [2.05, 4.69) is 15.4 Å². The quantitative estimate of drug-likeness (QED) is 0.710. The molecule has 0 aromatic carbocycles. The normalized spacial score (nSPS) is 10.5. The minimum Gasteiger partial charge on any atom is -0.353 e. The van der Waals surface area contributed by atoms with E-state index in [0.717, 1.165) is 5.69 Å². The van der Waals surface area contributed by atoms with Crippen molar-refractivity contribution in [1.29, 1.82) is 0 Å². The van der Waals surface area contributed by atoms with Gasteiger partial charge < -0.3 is 4.52 Å². The zero-order valence-electron chi connectivity index (χ0n) is 6.11. The van der Waals surface area contributed by atoms with Crippen molar-refractivity contribution in [1.82, 2.24) is 15.4 Å². The predicted molar refractivity (Wildman–Crippen MR) is 45.2 cm³/mol. The molecule has 12 heavy (non-hydrogen) atoms. The van der Waals surface area contributed by atoms with Crippen LogP contribution in [0.1, 0.15) is 5.69 Å². The molecular weight excluding hydrogens is 198 g/mol. The van der Waals surface area contributed by atoms with E-state index in [4.69, 9.17) is 16.1 Å². The van der Waals surface area contributed by atoms with Gasteiger partial charge in [-0.25, -0.2) is 0 Å². The summed E-state index contributed by atoms with van der Waals surface area (Å²) in [5, 5.41) is 11.8. The van der Waals surface area contributed by atoms with Gasteiger partial charge in [-0.05, 0) is 18.5 Å². The monoisotopic (exact) mass is 201 g/mol. The minimum atomic E-state index is 0.402. The van der Waals surface area contributed by atoms with E-state index in [1.807, 2.05) is 6.92 Å². The van der Waals surface area contributed by atoms with Crippen molar-refractivity contribution in [3.05, 3.63) is 16.2 Å². The third kappa shape index (κ3) is 1.33. The molecular formula is C6H4ClN3OS. The van der Waals surface area contributed by atoms with Gasteiger partial charge in [-0.2, -0.15) is 0 Å². The second-order valence-electron chi connectivity index (χ2n) is 2.19. The fourth-order valence-corrected chi connectivity index (χ4v) is 1.55. The van der Waals surface area contributed by atoms with Gasteiger partial charge in [0, 0.05) is 6.07 Å². The first-order chi connectivity index (χ1) is 5.75. The van der Waals surface area contributed by atoms with Gasteiger partial charge in [0.15, 0.2) is 10.8 Å². The van der Waals surface area contributed by atoms with Crippen molar-refractivity contribution >= 4 is 22.9 Å². The Kier molecular flexibility index (Phi) is 1.82. The van der Waals surface area contributed by atoms with Gasteiger partial charge in [-0.15, -0.1) is 10.2 Å². The topological polar surface area (TPSA) is 51.8 Å². The Bertz CT molecular complexity index is 359. The molecule has 4 nitrogen and oxygen atoms in total. The van der Waals surface area contributed by atoms with Crippen molar-refractivity contribution in [3.8, 4) is 10.8 Å². The van der Waals surface area contributed by atoms with Crippen molar-refractivity contribution in [2.45, 2.75) is 6.92 Å². The summed E-state index contributed by atoms with van der Waals surface area (Å²) in [5.74, 6) is 0.608. The largest absolute Gasteiger partial charge is 0.353 e. The van der Waals surface area contributed by atoms with E-state index in [-0.39, 0.29) is 0 Å². The molecule has 0 N–H and O–H groups in total. The average Bonchev–Trinajstić information content (AvgIpc) is 2.58. The van der Waals surface area contributed by atoms with Crippen LogP contribution in [-0.2, 0) is 0 Å². The molecule has 2 rings (SSSR count). The van der Waals surface area contributed by atoms with Crippen LogP contribution >= 0.6 is 22.9 Å². The number of hydrogen-bond donors (Lipinski definition) is 0. The molecule has 0 atom stereocenters. The maximum atomic E-state index is 5.60. The van der Waals surface area contributed by atoms with E-state index < -0.39 is 0 Å². The number of rotatable bonds is 1. The Morgan fingerprint density at radius 3 is 2.83 bits per heavy atom. The first-order valence-electron chi connectivity index (χ1n) is 3.18. The van der Waals surface area contributed by atoms with Crippen LogP contribution < -0.4 is 0 Å². The van der Waals surface area contributed by atoms with Crippen LogP contribution in [0.3, 0.4) is 0 Å². The third-order valence-corrected chi connectivity index (χ3v) is 2.27. The molecule has 6 heteroatoms. The lowest BCUT2D eigenvalue weighted by Crippen LogP contribution is -1.70. The summed E-state index contributed by atoms with van der Waals surface area (Å²) < 4.78 is 5.36. The summed E-state index contributed by atoms with van der Waals surface area (Å²) in [6.45, 7) is 1.84. The molecule has 0 aliphatic rings. The van der Waals surface area contributed by atoms with E-state index in [0.29, 0.717) is 15.2 Å². The molecule has 0 bridgehead atoms. The molecule has 0 saturated heterocycles. The Balaban J connectivity index is 2.43. The number of halogens is 1. The van der Waals surface area contributed by atoms with E-state index in [1.165, 1.54) is 11.3 Å². The molecule has 2 aromatic rings. The zero-order chi connectivity index (χ0) is 8.55. The number of nitrogens with zero attached hydrogens (tertiary/aromatic N) is 3. The highest BCUT2D eigenvalue weighted by molar-refractivity contribution is 7.18. The third-order valence-electron chi connectivity index (χ3n) is 1.24. The van der Waals surface area contributed by atoms with Crippen LogP contribution in [0.2, 0.25) is 4.47 Å². The van der Waals surface area contributed by atoms with Crippen molar-refractivity contribution in [2.75, 3.05) is 0 Å². The van der Waals surface area contributed by atoms with Gasteiger partial charge in [0.1, 0.15) is 0 Å². The SMILES string of the molecule is Cc1cc(-c2nnc(Cl)s2)on1. The highest BCUT2D eigenvalue weighted by Crippen LogP contribution is 2.25. The Hall–Kier alpha value is -0.940. The molecule has 0 spiro atoms. The minimum absolute atomic E-state index is 0.402. The fraction of sp³-hybridized carbons (Fsp3) is 0.167. The highest BCUT2D eigenvalue weighted by Gasteiger charge is 2.09. The Labute approximate surface area is 77.2 Å². The summed E-state index contributed by atoms with van der Waals surface area (Å²) in [5.41, 5.74) is 0.816. The fourth-order valence-electron chi connectivity index (χ4n) is 0.769. The summed E-state index contributed by atoms with van der Waals surface area (Å²) >= 11 is 6.86. The lowest BCUT2D eigenvalue weighted by atomic mass is 10.4. The van der Waals surface area contributed by atoms with E-state index >= 15 is 0 Å². The van der Waals surface area contributed by atoms with Crippen LogP contribution in [0.25, 0.3) is 10.8 Å². The number of aromatic nitrogens is 3.